The van der Waals surface area contributed by atoms with Crippen molar-refractivity contribution >= 4 is 10.9 Å². The predicted molar refractivity (Wildman–Crippen MR) is 141 cm³/mol. The molecule has 6 rings (SSSR count). The standard InChI is InChI=1S/C31H28N2O2/c1-34-29-15-12-23(22-10-6-3-7-11-22)18-27(29)30-31-25(16-17-32-30)26-19-24(13-14-28(26)33-31)35-20-21-8-4-2-5-9-21/h2-15,18-19,30,32-33H,16-17,20H2,1H3. The van der Waals surface area contributed by atoms with Crippen molar-refractivity contribution in [3.05, 3.63) is 119 Å². The molecule has 0 bridgehead atoms. The number of hydrogen-bond donors (Lipinski definition) is 2. The lowest BCUT2D eigenvalue weighted by Crippen LogP contribution is -2.30. The second-order valence-electron chi connectivity index (χ2n) is 8.96. The summed E-state index contributed by atoms with van der Waals surface area (Å²) in [5.41, 5.74) is 8.37. The quantitative estimate of drug-likeness (QED) is 0.298. The summed E-state index contributed by atoms with van der Waals surface area (Å²) in [5.74, 6) is 1.78. The molecule has 2 heterocycles. The molecule has 4 heteroatoms. The number of aromatic nitrogens is 1. The summed E-state index contributed by atoms with van der Waals surface area (Å²) in [4.78, 5) is 3.70. The van der Waals surface area contributed by atoms with Crippen LogP contribution in [-0.4, -0.2) is 18.6 Å². The first-order chi connectivity index (χ1) is 17.3. The molecule has 2 N–H and O–H groups in total. The highest BCUT2D eigenvalue weighted by Crippen LogP contribution is 2.39. The van der Waals surface area contributed by atoms with Gasteiger partial charge in [0.15, 0.2) is 0 Å². The van der Waals surface area contributed by atoms with Gasteiger partial charge >= 0.3 is 0 Å². The molecule has 0 saturated carbocycles. The number of methoxy groups -OCH3 is 1. The Labute approximate surface area is 205 Å². The van der Waals surface area contributed by atoms with Crippen molar-refractivity contribution in [3.63, 3.8) is 0 Å². The molecule has 1 aromatic heterocycles. The molecule has 35 heavy (non-hydrogen) atoms. The molecule has 4 aromatic carbocycles. The van der Waals surface area contributed by atoms with Gasteiger partial charge in [-0.1, -0.05) is 66.7 Å². The summed E-state index contributed by atoms with van der Waals surface area (Å²) in [5, 5.41) is 4.96. The van der Waals surface area contributed by atoms with Gasteiger partial charge in [0.2, 0.25) is 0 Å². The van der Waals surface area contributed by atoms with E-state index in [0.717, 1.165) is 35.5 Å². The molecule has 0 saturated heterocycles. The van der Waals surface area contributed by atoms with Crippen molar-refractivity contribution in [2.24, 2.45) is 0 Å². The molecule has 0 spiro atoms. The zero-order valence-electron chi connectivity index (χ0n) is 19.8. The summed E-state index contributed by atoms with van der Waals surface area (Å²) in [7, 11) is 1.74. The van der Waals surface area contributed by atoms with Crippen LogP contribution < -0.4 is 14.8 Å². The van der Waals surface area contributed by atoms with Gasteiger partial charge in [-0.25, -0.2) is 0 Å². The van der Waals surface area contributed by atoms with Gasteiger partial charge in [-0.2, -0.15) is 0 Å². The van der Waals surface area contributed by atoms with Crippen LogP contribution in [0.5, 0.6) is 11.5 Å². The van der Waals surface area contributed by atoms with E-state index in [0.29, 0.717) is 6.61 Å². The smallest absolute Gasteiger partial charge is 0.124 e. The maximum atomic E-state index is 6.12. The average Bonchev–Trinajstić information content (AvgIpc) is 3.31. The minimum Gasteiger partial charge on any atom is -0.496 e. The second kappa shape index (κ2) is 9.32. The van der Waals surface area contributed by atoms with E-state index in [1.54, 1.807) is 7.11 Å². The van der Waals surface area contributed by atoms with Crippen molar-refractivity contribution in [2.45, 2.75) is 19.1 Å². The molecule has 0 aliphatic carbocycles. The van der Waals surface area contributed by atoms with Gasteiger partial charge in [0, 0.05) is 28.7 Å². The molecule has 0 amide bonds. The molecular weight excluding hydrogens is 432 g/mol. The number of H-pyrrole nitrogens is 1. The normalized spacial score (nSPS) is 15.1. The first-order valence-electron chi connectivity index (χ1n) is 12.1. The Hall–Kier alpha value is -4.02. The Balaban J connectivity index is 1.37. The van der Waals surface area contributed by atoms with Gasteiger partial charge in [0.05, 0.1) is 13.2 Å². The molecule has 1 atom stereocenters. The largest absolute Gasteiger partial charge is 0.496 e. The number of ether oxygens (including phenoxy) is 2. The highest BCUT2D eigenvalue weighted by Gasteiger charge is 2.28. The van der Waals surface area contributed by atoms with Gasteiger partial charge in [0.1, 0.15) is 18.1 Å². The van der Waals surface area contributed by atoms with Crippen LogP contribution >= 0.6 is 0 Å². The minimum absolute atomic E-state index is 0.0263. The van der Waals surface area contributed by atoms with Crippen molar-refractivity contribution in [3.8, 4) is 22.6 Å². The van der Waals surface area contributed by atoms with Crippen LogP contribution in [0.25, 0.3) is 22.0 Å². The third kappa shape index (κ3) is 4.17. The van der Waals surface area contributed by atoms with Crippen molar-refractivity contribution in [1.29, 1.82) is 0 Å². The Morgan fingerprint density at radius 1 is 0.829 bits per heavy atom. The molecule has 1 aliphatic heterocycles. The lowest BCUT2D eigenvalue weighted by Gasteiger charge is -2.26. The van der Waals surface area contributed by atoms with Crippen LogP contribution in [0.15, 0.2) is 97.1 Å². The Morgan fingerprint density at radius 3 is 2.43 bits per heavy atom. The summed E-state index contributed by atoms with van der Waals surface area (Å²) in [6, 6.07) is 33.6. The van der Waals surface area contributed by atoms with E-state index < -0.39 is 0 Å². The number of fused-ring (bicyclic) bond motifs is 3. The SMILES string of the molecule is COc1ccc(-c2ccccc2)cc1C1NCCc2c1[nH]c1ccc(OCc3ccccc3)cc21. The molecular formula is C31H28N2O2. The number of nitrogens with one attached hydrogen (secondary N) is 2. The third-order valence-corrected chi connectivity index (χ3v) is 6.82. The molecule has 0 radical (unpaired) electrons. The Morgan fingerprint density at radius 2 is 1.63 bits per heavy atom. The fourth-order valence-corrected chi connectivity index (χ4v) is 5.07. The fraction of sp³-hybridized carbons (Fsp3) is 0.161. The van der Waals surface area contributed by atoms with Crippen LogP contribution in [0.1, 0.15) is 28.4 Å². The fourth-order valence-electron chi connectivity index (χ4n) is 5.07. The molecule has 174 valence electrons. The molecule has 1 unspecified atom stereocenters. The van der Waals surface area contributed by atoms with Crippen molar-refractivity contribution in [1.82, 2.24) is 10.3 Å². The molecule has 4 nitrogen and oxygen atoms in total. The van der Waals surface area contributed by atoms with Gasteiger partial charge in [-0.05, 0) is 59.0 Å². The Kier molecular flexibility index (Phi) is 5.73. The Bertz CT molecular complexity index is 1460. The maximum Gasteiger partial charge on any atom is 0.124 e. The van der Waals surface area contributed by atoms with E-state index in [9.17, 15) is 0 Å². The average molecular weight is 461 g/mol. The summed E-state index contributed by atoms with van der Waals surface area (Å²) in [6.45, 7) is 1.46. The van der Waals surface area contributed by atoms with Crippen LogP contribution in [0.3, 0.4) is 0 Å². The van der Waals surface area contributed by atoms with Gasteiger partial charge in [-0.3, -0.25) is 0 Å². The molecule has 0 fully saturated rings. The third-order valence-electron chi connectivity index (χ3n) is 6.82. The van der Waals surface area contributed by atoms with E-state index in [1.807, 2.05) is 30.3 Å². The van der Waals surface area contributed by atoms with Crippen LogP contribution in [0.2, 0.25) is 0 Å². The minimum atomic E-state index is 0.0263. The highest BCUT2D eigenvalue weighted by atomic mass is 16.5. The zero-order valence-corrected chi connectivity index (χ0v) is 19.8. The lowest BCUT2D eigenvalue weighted by atomic mass is 9.91. The van der Waals surface area contributed by atoms with E-state index in [2.05, 4.69) is 77.0 Å². The second-order valence-corrected chi connectivity index (χ2v) is 8.96. The van der Waals surface area contributed by atoms with Crippen molar-refractivity contribution < 1.29 is 9.47 Å². The van der Waals surface area contributed by atoms with E-state index in [-0.39, 0.29) is 6.04 Å². The van der Waals surface area contributed by atoms with Crippen LogP contribution in [-0.2, 0) is 13.0 Å². The highest BCUT2D eigenvalue weighted by molar-refractivity contribution is 5.87. The zero-order chi connectivity index (χ0) is 23.6. The maximum absolute atomic E-state index is 6.12. The lowest BCUT2D eigenvalue weighted by molar-refractivity contribution is 0.306. The van der Waals surface area contributed by atoms with Crippen LogP contribution in [0.4, 0.5) is 0 Å². The van der Waals surface area contributed by atoms with Crippen LogP contribution in [0, 0.1) is 0 Å². The summed E-state index contributed by atoms with van der Waals surface area (Å²) < 4.78 is 11.9. The first kappa shape index (κ1) is 21.5. The topological polar surface area (TPSA) is 46.3 Å². The van der Waals surface area contributed by atoms with E-state index >= 15 is 0 Å². The number of hydrogen-bond acceptors (Lipinski definition) is 3. The van der Waals surface area contributed by atoms with Gasteiger partial charge in [-0.15, -0.1) is 0 Å². The first-order valence-corrected chi connectivity index (χ1v) is 12.1. The predicted octanol–water partition coefficient (Wildman–Crippen LogP) is 6.66. The monoisotopic (exact) mass is 460 g/mol. The number of benzene rings is 4. The molecule has 5 aromatic rings. The number of rotatable bonds is 6. The van der Waals surface area contributed by atoms with E-state index in [1.165, 1.54) is 33.3 Å². The summed E-state index contributed by atoms with van der Waals surface area (Å²) in [6.07, 6.45) is 0.967. The van der Waals surface area contributed by atoms with Crippen molar-refractivity contribution in [2.75, 3.05) is 13.7 Å². The van der Waals surface area contributed by atoms with Gasteiger partial charge < -0.3 is 19.8 Å². The molecule has 1 aliphatic rings. The summed E-state index contributed by atoms with van der Waals surface area (Å²) >= 11 is 0. The number of aromatic amines is 1. The van der Waals surface area contributed by atoms with Gasteiger partial charge in [0.25, 0.3) is 0 Å². The van der Waals surface area contributed by atoms with E-state index in [4.69, 9.17) is 9.47 Å².